The summed E-state index contributed by atoms with van der Waals surface area (Å²) in [6, 6.07) is 0. The van der Waals surface area contributed by atoms with Gasteiger partial charge in [-0.1, -0.05) is 27.7 Å². The highest BCUT2D eigenvalue weighted by atomic mass is 16.3. The summed E-state index contributed by atoms with van der Waals surface area (Å²) >= 11 is 0. The summed E-state index contributed by atoms with van der Waals surface area (Å²) in [7, 11) is 0. The van der Waals surface area contributed by atoms with Crippen LogP contribution >= 0.6 is 0 Å². The second-order valence-electron chi connectivity index (χ2n) is 7.85. The van der Waals surface area contributed by atoms with Gasteiger partial charge in [-0.3, -0.25) is 0 Å². The van der Waals surface area contributed by atoms with Crippen LogP contribution in [0.15, 0.2) is 0 Å². The Bertz CT molecular complexity index is 321. The molecular formula is C15H26O. The molecule has 3 saturated carbocycles. The molecule has 0 amide bonds. The van der Waals surface area contributed by atoms with Crippen LogP contribution in [0.25, 0.3) is 0 Å². The van der Waals surface area contributed by atoms with Crippen LogP contribution in [0.3, 0.4) is 0 Å². The number of hydrogen-bond donors (Lipinski definition) is 1. The topological polar surface area (TPSA) is 20.2 Å². The zero-order valence-corrected chi connectivity index (χ0v) is 11.2. The van der Waals surface area contributed by atoms with E-state index in [-0.39, 0.29) is 11.0 Å². The van der Waals surface area contributed by atoms with Gasteiger partial charge in [-0.25, -0.2) is 0 Å². The highest BCUT2D eigenvalue weighted by Gasteiger charge is 2.69. The first-order chi connectivity index (χ1) is 7.30. The molecule has 0 aromatic rings. The van der Waals surface area contributed by atoms with E-state index in [2.05, 4.69) is 27.7 Å². The van der Waals surface area contributed by atoms with E-state index in [9.17, 15) is 5.11 Å². The summed E-state index contributed by atoms with van der Waals surface area (Å²) in [4.78, 5) is 0. The highest BCUT2D eigenvalue weighted by molar-refractivity contribution is 5.19. The smallest absolute Gasteiger partial charge is 0.0737 e. The monoisotopic (exact) mass is 222 g/mol. The molecule has 0 aromatic carbocycles. The van der Waals surface area contributed by atoms with E-state index in [1.165, 1.54) is 25.7 Å². The van der Waals surface area contributed by atoms with Crippen molar-refractivity contribution in [3.05, 3.63) is 0 Å². The third-order valence-electron chi connectivity index (χ3n) is 6.42. The molecule has 3 aliphatic carbocycles. The molecule has 3 fully saturated rings. The van der Waals surface area contributed by atoms with Gasteiger partial charge in [-0.15, -0.1) is 0 Å². The fourth-order valence-corrected chi connectivity index (χ4v) is 5.91. The molecule has 4 bridgehead atoms. The van der Waals surface area contributed by atoms with E-state index < -0.39 is 0 Å². The first-order valence-electron chi connectivity index (χ1n) is 7.03. The number of hydrogen-bond acceptors (Lipinski definition) is 1. The van der Waals surface area contributed by atoms with Gasteiger partial charge in [-0.05, 0) is 60.7 Å². The van der Waals surface area contributed by atoms with Crippen molar-refractivity contribution in [3.8, 4) is 0 Å². The van der Waals surface area contributed by atoms with Crippen molar-refractivity contribution < 1.29 is 5.11 Å². The maximum Gasteiger partial charge on any atom is 0.0737 e. The van der Waals surface area contributed by atoms with E-state index in [4.69, 9.17) is 0 Å². The minimum absolute atomic E-state index is 0.206. The second-order valence-corrected chi connectivity index (χ2v) is 7.85. The van der Waals surface area contributed by atoms with E-state index in [0.29, 0.717) is 11.3 Å². The quantitative estimate of drug-likeness (QED) is 0.664. The van der Waals surface area contributed by atoms with Crippen LogP contribution in [-0.2, 0) is 0 Å². The van der Waals surface area contributed by atoms with Crippen molar-refractivity contribution in [2.45, 2.75) is 65.4 Å². The van der Waals surface area contributed by atoms with Gasteiger partial charge in [0.1, 0.15) is 0 Å². The van der Waals surface area contributed by atoms with Gasteiger partial charge in [-0.2, -0.15) is 0 Å². The molecule has 0 aliphatic heterocycles. The summed E-state index contributed by atoms with van der Waals surface area (Å²) in [5.41, 5.74) is 0.211. The van der Waals surface area contributed by atoms with Gasteiger partial charge in [0.05, 0.1) is 5.60 Å². The van der Waals surface area contributed by atoms with Crippen molar-refractivity contribution in [2.24, 2.45) is 28.6 Å². The molecule has 3 aliphatic rings. The maximum atomic E-state index is 11.2. The van der Waals surface area contributed by atoms with Crippen LogP contribution in [0.2, 0.25) is 0 Å². The van der Waals surface area contributed by atoms with Crippen LogP contribution in [0.4, 0.5) is 0 Å². The van der Waals surface area contributed by atoms with Crippen LogP contribution in [0.5, 0.6) is 0 Å². The average molecular weight is 222 g/mol. The molecule has 0 heterocycles. The van der Waals surface area contributed by atoms with Crippen LogP contribution in [-0.4, -0.2) is 10.7 Å². The molecule has 0 saturated heterocycles. The minimum atomic E-state index is -0.341. The van der Waals surface area contributed by atoms with Gasteiger partial charge in [0.25, 0.3) is 0 Å². The summed E-state index contributed by atoms with van der Waals surface area (Å²) in [6.07, 6.45) is 6.12. The summed E-state index contributed by atoms with van der Waals surface area (Å²) in [6.45, 7) is 9.54. The van der Waals surface area contributed by atoms with Crippen molar-refractivity contribution in [2.75, 3.05) is 0 Å². The second kappa shape index (κ2) is 2.85. The Labute approximate surface area is 99.6 Å². The Kier molecular flexibility index (Phi) is 1.98. The molecule has 0 unspecified atom stereocenters. The van der Waals surface area contributed by atoms with Crippen molar-refractivity contribution in [1.29, 1.82) is 0 Å². The molecule has 1 nitrogen and oxygen atoms in total. The Hall–Kier alpha value is -0.0400. The molecule has 92 valence electrons. The minimum Gasteiger partial charge on any atom is -0.389 e. The van der Waals surface area contributed by atoms with E-state index in [1.54, 1.807) is 0 Å². The third-order valence-corrected chi connectivity index (χ3v) is 6.42. The van der Waals surface area contributed by atoms with Gasteiger partial charge in [0.15, 0.2) is 0 Å². The lowest BCUT2D eigenvalue weighted by Crippen LogP contribution is -2.57. The normalized spacial score (nSPS) is 58.7. The fraction of sp³-hybridized carbons (Fsp3) is 1.00. The van der Waals surface area contributed by atoms with Gasteiger partial charge >= 0.3 is 0 Å². The molecule has 16 heavy (non-hydrogen) atoms. The summed E-state index contributed by atoms with van der Waals surface area (Å²) in [5.74, 6) is 2.17. The van der Waals surface area contributed by atoms with E-state index in [0.717, 1.165) is 18.3 Å². The Morgan fingerprint density at radius 3 is 2.44 bits per heavy atom. The Morgan fingerprint density at radius 1 is 1.06 bits per heavy atom. The zero-order valence-electron chi connectivity index (χ0n) is 11.2. The van der Waals surface area contributed by atoms with Crippen molar-refractivity contribution >= 4 is 0 Å². The Morgan fingerprint density at radius 2 is 1.75 bits per heavy atom. The average Bonchev–Trinajstić information content (AvgIpc) is 2.28. The lowest BCUT2D eigenvalue weighted by molar-refractivity contribution is -0.174. The van der Waals surface area contributed by atoms with E-state index in [1.807, 2.05) is 0 Å². The molecule has 0 aromatic heterocycles. The van der Waals surface area contributed by atoms with Crippen LogP contribution in [0, 0.1) is 28.6 Å². The fourth-order valence-electron chi connectivity index (χ4n) is 5.91. The highest BCUT2D eigenvalue weighted by Crippen LogP contribution is 2.71. The van der Waals surface area contributed by atoms with Crippen LogP contribution < -0.4 is 0 Å². The summed E-state index contributed by atoms with van der Waals surface area (Å²) in [5, 5.41) is 11.2. The van der Waals surface area contributed by atoms with E-state index >= 15 is 0 Å². The van der Waals surface area contributed by atoms with Crippen molar-refractivity contribution in [1.82, 2.24) is 0 Å². The van der Waals surface area contributed by atoms with Gasteiger partial charge in [0, 0.05) is 0 Å². The molecule has 0 spiro atoms. The predicted octanol–water partition coefficient (Wildman–Crippen LogP) is 3.61. The lowest BCUT2D eigenvalue weighted by Gasteiger charge is -2.56. The molecule has 5 atom stereocenters. The van der Waals surface area contributed by atoms with Gasteiger partial charge < -0.3 is 5.11 Å². The standard InChI is InChI=1S/C15H26O/c1-10-5-8-15(16)12-11(10)6-7-14(15,4)9-13(12,2)3/h10-12,16H,5-9H2,1-4H3/t10-,11+,12-,14-,15+/m1/s1. The van der Waals surface area contributed by atoms with Crippen molar-refractivity contribution in [3.63, 3.8) is 0 Å². The first kappa shape index (κ1) is 11.1. The molecule has 0 radical (unpaired) electrons. The predicted molar refractivity (Wildman–Crippen MR) is 66.1 cm³/mol. The largest absolute Gasteiger partial charge is 0.389 e. The third kappa shape index (κ3) is 1.06. The Balaban J connectivity index is 2.11. The zero-order chi connectivity index (χ0) is 11.8. The first-order valence-corrected chi connectivity index (χ1v) is 7.03. The van der Waals surface area contributed by atoms with Crippen LogP contribution in [0.1, 0.15) is 59.8 Å². The molecule has 3 rings (SSSR count). The number of aliphatic hydroxyl groups is 1. The summed E-state index contributed by atoms with van der Waals surface area (Å²) < 4.78 is 0. The number of rotatable bonds is 0. The molecule has 1 heteroatoms. The molecule has 1 N–H and O–H groups in total. The SMILES string of the molecule is C[C@@H]1CC[C@]2(O)[C@@H]3[C@H]1CC[C@]2(C)CC3(C)C. The van der Waals surface area contributed by atoms with Gasteiger partial charge in [0.2, 0.25) is 0 Å². The molecular weight excluding hydrogens is 196 g/mol. The maximum absolute atomic E-state index is 11.2. The lowest BCUT2D eigenvalue weighted by atomic mass is 9.52.